The van der Waals surface area contributed by atoms with E-state index in [0.717, 1.165) is 9.46 Å². The van der Waals surface area contributed by atoms with E-state index in [9.17, 15) is 9.59 Å². The molecule has 7 nitrogen and oxygen atoms in total. The van der Waals surface area contributed by atoms with Crippen molar-refractivity contribution in [3.63, 3.8) is 0 Å². The smallest absolute Gasteiger partial charge is 0.296 e. The molecule has 17 heavy (non-hydrogen) atoms. The molecule has 9 heteroatoms. The fraction of sp³-hybridized carbons (Fsp3) is 0. The van der Waals surface area contributed by atoms with E-state index in [4.69, 9.17) is 29.4 Å². The van der Waals surface area contributed by atoms with Gasteiger partial charge < -0.3 is 0 Å². The standard InChI is InChI=1S/C8H6N4O3S2/c13-7-9-5(16)1-3-11(7)15-12-4-2-6(17)10-8(12)14/h1-4H,(H,9,13,16)(H,10,14,17). The summed E-state index contributed by atoms with van der Waals surface area (Å²) < 4.78 is 2.20. The number of hydrogen-bond acceptors (Lipinski definition) is 5. The first kappa shape index (κ1) is 11.5. The van der Waals surface area contributed by atoms with Crippen LogP contribution in [-0.4, -0.2) is 19.4 Å². The monoisotopic (exact) mass is 270 g/mol. The van der Waals surface area contributed by atoms with Crippen LogP contribution in [0.25, 0.3) is 0 Å². The van der Waals surface area contributed by atoms with Gasteiger partial charge in [-0.15, -0.1) is 9.46 Å². The minimum atomic E-state index is -0.591. The van der Waals surface area contributed by atoms with Crippen LogP contribution in [0.1, 0.15) is 0 Å². The third-order valence-electron chi connectivity index (χ3n) is 1.76. The molecule has 0 saturated carbocycles. The maximum absolute atomic E-state index is 11.4. The lowest BCUT2D eigenvalue weighted by molar-refractivity contribution is 0.0163. The molecular weight excluding hydrogens is 264 g/mol. The average Bonchev–Trinajstić information content (AvgIpc) is 2.25. The Morgan fingerprint density at radius 3 is 1.71 bits per heavy atom. The van der Waals surface area contributed by atoms with E-state index < -0.39 is 11.4 Å². The molecule has 2 aromatic heterocycles. The van der Waals surface area contributed by atoms with Crippen LogP contribution in [0.2, 0.25) is 0 Å². The van der Waals surface area contributed by atoms with E-state index in [-0.39, 0.29) is 9.28 Å². The number of hydrogen-bond donors (Lipinski definition) is 2. The van der Waals surface area contributed by atoms with Crippen molar-refractivity contribution in [2.75, 3.05) is 0 Å². The van der Waals surface area contributed by atoms with Gasteiger partial charge in [0.05, 0.1) is 12.4 Å². The highest BCUT2D eigenvalue weighted by atomic mass is 32.1. The summed E-state index contributed by atoms with van der Waals surface area (Å²) in [6, 6.07) is 2.90. The minimum absolute atomic E-state index is 0.273. The van der Waals surface area contributed by atoms with E-state index in [1.807, 2.05) is 0 Å². The van der Waals surface area contributed by atoms with Crippen molar-refractivity contribution in [3.05, 3.63) is 54.8 Å². The molecule has 0 amide bonds. The zero-order valence-corrected chi connectivity index (χ0v) is 9.88. The van der Waals surface area contributed by atoms with Gasteiger partial charge in [0.1, 0.15) is 9.28 Å². The summed E-state index contributed by atoms with van der Waals surface area (Å²) >= 11 is 9.51. The molecule has 2 N–H and O–H groups in total. The molecule has 0 aromatic carbocycles. The van der Waals surface area contributed by atoms with Crippen molar-refractivity contribution in [2.24, 2.45) is 0 Å². The Bertz CT molecular complexity index is 704. The topological polar surface area (TPSA) is 84.8 Å². The number of aromatic amines is 2. The fourth-order valence-corrected chi connectivity index (χ4v) is 1.33. The first-order chi connectivity index (χ1) is 8.06. The Morgan fingerprint density at radius 1 is 0.941 bits per heavy atom. The quantitative estimate of drug-likeness (QED) is 0.751. The summed E-state index contributed by atoms with van der Waals surface area (Å²) in [6.07, 6.45) is 2.60. The molecule has 2 rings (SSSR count). The van der Waals surface area contributed by atoms with Crippen molar-refractivity contribution < 1.29 is 4.94 Å². The SMILES string of the molecule is O=c1[nH]c(=S)ccn1On1ccc(=S)[nH]c1=O. The van der Waals surface area contributed by atoms with Gasteiger partial charge in [-0.25, -0.2) is 9.59 Å². The van der Waals surface area contributed by atoms with Gasteiger partial charge in [0.2, 0.25) is 0 Å². The van der Waals surface area contributed by atoms with Crippen LogP contribution in [0, 0.1) is 9.28 Å². The number of aromatic nitrogens is 4. The van der Waals surface area contributed by atoms with Crippen molar-refractivity contribution in [3.8, 4) is 0 Å². The molecule has 0 saturated heterocycles. The summed E-state index contributed by atoms with van der Waals surface area (Å²) in [6.45, 7) is 0. The maximum Gasteiger partial charge on any atom is 0.361 e. The molecule has 0 spiro atoms. The molecule has 0 aliphatic carbocycles. The van der Waals surface area contributed by atoms with Crippen LogP contribution in [0.5, 0.6) is 0 Å². The fourth-order valence-electron chi connectivity index (χ4n) is 1.03. The van der Waals surface area contributed by atoms with Crippen molar-refractivity contribution in [1.82, 2.24) is 19.4 Å². The summed E-state index contributed by atoms with van der Waals surface area (Å²) in [5.74, 6) is 0. The second kappa shape index (κ2) is 4.47. The normalized spacial score (nSPS) is 10.1. The Balaban J connectivity index is 2.45. The Kier molecular flexibility index (Phi) is 3.02. The summed E-state index contributed by atoms with van der Waals surface area (Å²) in [5, 5.41) is 0. The second-order valence-corrected chi connectivity index (χ2v) is 3.83. The molecule has 0 aliphatic heterocycles. The molecule has 0 fully saturated rings. The molecule has 0 radical (unpaired) electrons. The highest BCUT2D eigenvalue weighted by Gasteiger charge is 1.99. The second-order valence-electron chi connectivity index (χ2n) is 2.95. The van der Waals surface area contributed by atoms with Crippen molar-refractivity contribution >= 4 is 24.4 Å². The van der Waals surface area contributed by atoms with Crippen molar-refractivity contribution in [1.29, 1.82) is 0 Å². The van der Waals surface area contributed by atoms with Crippen LogP contribution in [0.4, 0.5) is 0 Å². The number of rotatable bonds is 2. The van der Waals surface area contributed by atoms with E-state index in [1.165, 1.54) is 24.5 Å². The number of H-pyrrole nitrogens is 2. The lowest BCUT2D eigenvalue weighted by Gasteiger charge is -2.06. The van der Waals surface area contributed by atoms with Crippen LogP contribution in [0.15, 0.2) is 34.1 Å². The van der Waals surface area contributed by atoms with Gasteiger partial charge in [-0.1, -0.05) is 24.4 Å². The zero-order valence-electron chi connectivity index (χ0n) is 8.25. The molecule has 2 heterocycles. The number of nitrogens with zero attached hydrogens (tertiary/aromatic N) is 2. The first-order valence-electron chi connectivity index (χ1n) is 4.39. The molecule has 88 valence electrons. The molecule has 2 aromatic rings. The Labute approximate surface area is 104 Å². The van der Waals surface area contributed by atoms with Gasteiger partial charge in [-0.3, -0.25) is 14.9 Å². The molecule has 0 aliphatic rings. The van der Waals surface area contributed by atoms with Crippen LogP contribution in [0.3, 0.4) is 0 Å². The maximum atomic E-state index is 11.4. The van der Waals surface area contributed by atoms with Crippen LogP contribution in [-0.2, 0) is 0 Å². The predicted molar refractivity (Wildman–Crippen MR) is 63.8 cm³/mol. The summed E-state index contributed by atoms with van der Waals surface area (Å²) in [4.78, 5) is 32.5. The van der Waals surface area contributed by atoms with E-state index in [2.05, 4.69) is 9.97 Å². The summed E-state index contributed by atoms with van der Waals surface area (Å²) in [5.41, 5.74) is -1.18. The van der Waals surface area contributed by atoms with Gasteiger partial charge in [0.25, 0.3) is 0 Å². The summed E-state index contributed by atoms with van der Waals surface area (Å²) in [7, 11) is 0. The van der Waals surface area contributed by atoms with E-state index in [0.29, 0.717) is 0 Å². The van der Waals surface area contributed by atoms with Gasteiger partial charge in [-0.05, 0) is 12.1 Å². The van der Waals surface area contributed by atoms with Gasteiger partial charge in [0, 0.05) is 0 Å². The lowest BCUT2D eigenvalue weighted by Crippen LogP contribution is -2.37. The van der Waals surface area contributed by atoms with E-state index >= 15 is 0 Å². The molecule has 0 unspecified atom stereocenters. The zero-order chi connectivity index (χ0) is 12.4. The minimum Gasteiger partial charge on any atom is -0.296 e. The number of nitrogens with one attached hydrogen (secondary N) is 2. The molecule has 0 atom stereocenters. The van der Waals surface area contributed by atoms with E-state index in [1.54, 1.807) is 0 Å². The Hall–Kier alpha value is -2.00. The van der Waals surface area contributed by atoms with Crippen molar-refractivity contribution in [2.45, 2.75) is 0 Å². The molecular formula is C8H6N4O3S2. The highest BCUT2D eigenvalue weighted by molar-refractivity contribution is 7.71. The van der Waals surface area contributed by atoms with Gasteiger partial charge in [-0.2, -0.15) is 0 Å². The van der Waals surface area contributed by atoms with Crippen LogP contribution >= 0.6 is 24.4 Å². The third kappa shape index (κ3) is 2.57. The molecule has 0 bridgehead atoms. The largest absolute Gasteiger partial charge is 0.361 e. The Morgan fingerprint density at radius 2 is 1.35 bits per heavy atom. The van der Waals surface area contributed by atoms with Gasteiger partial charge >= 0.3 is 11.4 Å². The van der Waals surface area contributed by atoms with Gasteiger partial charge in [0.15, 0.2) is 0 Å². The third-order valence-corrected chi connectivity index (χ3v) is 2.24. The predicted octanol–water partition coefficient (Wildman–Crippen LogP) is 0.0171. The lowest BCUT2D eigenvalue weighted by atomic mass is 10.7. The first-order valence-corrected chi connectivity index (χ1v) is 5.21. The average molecular weight is 270 g/mol. The highest BCUT2D eigenvalue weighted by Crippen LogP contribution is 1.82. The van der Waals surface area contributed by atoms with Crippen LogP contribution < -0.4 is 16.3 Å².